The Bertz CT molecular complexity index is 752. The Balaban J connectivity index is 2.11. The fraction of sp³-hybridized carbons (Fsp3) is 0.133. The van der Waals surface area contributed by atoms with Crippen molar-refractivity contribution in [1.82, 2.24) is 4.98 Å². The quantitative estimate of drug-likeness (QED) is 0.686. The second-order valence-electron chi connectivity index (χ2n) is 4.41. The molecule has 2 heterocycles. The zero-order valence-electron chi connectivity index (χ0n) is 10.7. The molecule has 0 saturated heterocycles. The summed E-state index contributed by atoms with van der Waals surface area (Å²) >= 11 is 1.21. The van der Waals surface area contributed by atoms with E-state index in [0.29, 0.717) is 5.56 Å². The number of hydrogen-bond acceptors (Lipinski definition) is 3. The van der Waals surface area contributed by atoms with Crippen molar-refractivity contribution >= 4 is 21.4 Å². The summed E-state index contributed by atoms with van der Waals surface area (Å²) in [4.78, 5) is 4.02. The zero-order chi connectivity index (χ0) is 14.9. The van der Waals surface area contributed by atoms with Crippen LogP contribution >= 0.6 is 11.3 Å². The van der Waals surface area contributed by atoms with Gasteiger partial charge < -0.3 is 4.74 Å². The molecular formula is C15H10F3NOS. The number of pyridine rings is 1. The first-order valence-electron chi connectivity index (χ1n) is 6.16. The van der Waals surface area contributed by atoms with Gasteiger partial charge in [-0.2, -0.15) is 13.2 Å². The molecule has 0 unspecified atom stereocenters. The zero-order valence-corrected chi connectivity index (χ0v) is 11.5. The number of ether oxygens (including phenoxy) is 1. The van der Waals surface area contributed by atoms with Crippen LogP contribution < -0.4 is 4.74 Å². The van der Waals surface area contributed by atoms with Gasteiger partial charge >= 0.3 is 6.18 Å². The first kappa shape index (κ1) is 13.9. The lowest BCUT2D eigenvalue weighted by molar-refractivity contribution is -0.152. The summed E-state index contributed by atoms with van der Waals surface area (Å²) < 4.78 is 43.1. The first-order valence-corrected chi connectivity index (χ1v) is 6.98. The summed E-state index contributed by atoms with van der Waals surface area (Å²) in [6.07, 6.45) is -1.12. The average molecular weight is 309 g/mol. The molecule has 0 bridgehead atoms. The lowest BCUT2D eigenvalue weighted by Crippen LogP contribution is -2.19. The maximum atomic E-state index is 12.4. The van der Waals surface area contributed by atoms with E-state index in [4.69, 9.17) is 4.74 Å². The van der Waals surface area contributed by atoms with E-state index < -0.39 is 12.8 Å². The molecule has 2 aromatic heterocycles. The Morgan fingerprint density at radius 2 is 1.90 bits per heavy atom. The fourth-order valence-corrected chi connectivity index (χ4v) is 3.13. The summed E-state index contributed by atoms with van der Waals surface area (Å²) in [7, 11) is 0. The summed E-state index contributed by atoms with van der Waals surface area (Å²) in [5.74, 6) is 0. The van der Waals surface area contributed by atoms with E-state index >= 15 is 0 Å². The highest BCUT2D eigenvalue weighted by atomic mass is 32.1. The van der Waals surface area contributed by atoms with E-state index in [1.54, 1.807) is 18.5 Å². The minimum atomic E-state index is -4.36. The summed E-state index contributed by atoms with van der Waals surface area (Å²) in [6.45, 7) is -1.30. The van der Waals surface area contributed by atoms with Crippen LogP contribution in [0.2, 0.25) is 0 Å². The van der Waals surface area contributed by atoms with Crippen LogP contribution in [-0.2, 0) is 0 Å². The molecular weight excluding hydrogens is 299 g/mol. The Kier molecular flexibility index (Phi) is 3.55. The average Bonchev–Trinajstić information content (AvgIpc) is 2.84. The third kappa shape index (κ3) is 3.00. The number of thiophene rings is 1. The van der Waals surface area contributed by atoms with Crippen molar-refractivity contribution < 1.29 is 17.9 Å². The van der Waals surface area contributed by atoms with Crippen molar-refractivity contribution in [1.29, 1.82) is 0 Å². The number of aromatic nitrogens is 1. The van der Waals surface area contributed by atoms with Gasteiger partial charge in [-0.15, -0.1) is 0 Å². The predicted molar refractivity (Wildman–Crippen MR) is 76.6 cm³/mol. The topological polar surface area (TPSA) is 22.1 Å². The number of nitrogens with zero attached hydrogens (tertiary/aromatic N) is 1. The highest BCUT2D eigenvalue weighted by molar-refractivity contribution is 7.21. The summed E-state index contributed by atoms with van der Waals surface area (Å²) in [6, 6.07) is 11.0. The van der Waals surface area contributed by atoms with Crippen molar-refractivity contribution in [2.24, 2.45) is 0 Å². The van der Waals surface area contributed by atoms with Crippen LogP contribution in [0.3, 0.4) is 0 Å². The Morgan fingerprint density at radius 3 is 2.62 bits per heavy atom. The number of halogens is 3. The molecule has 0 aliphatic carbocycles. The van der Waals surface area contributed by atoms with Gasteiger partial charge in [0.2, 0.25) is 0 Å². The van der Waals surface area contributed by atoms with Crippen LogP contribution in [0.25, 0.3) is 21.2 Å². The molecule has 0 aliphatic heterocycles. The van der Waals surface area contributed by atoms with Gasteiger partial charge in [0.25, 0.3) is 0 Å². The molecule has 2 nitrogen and oxygen atoms in total. The van der Waals surface area contributed by atoms with Gasteiger partial charge in [-0.05, 0) is 12.1 Å². The summed E-state index contributed by atoms with van der Waals surface area (Å²) in [5.41, 5.74) is 1.40. The van der Waals surface area contributed by atoms with Crippen LogP contribution in [0.15, 0.2) is 48.8 Å². The van der Waals surface area contributed by atoms with E-state index in [0.717, 1.165) is 15.6 Å². The molecule has 0 saturated carbocycles. The molecule has 3 rings (SSSR count). The maximum Gasteiger partial charge on any atom is 0.422 e. The SMILES string of the molecule is FC(F)(F)COc1sc2ccccc2c1-c1cccnc1. The molecule has 21 heavy (non-hydrogen) atoms. The Hall–Kier alpha value is -2.08. The number of fused-ring (bicyclic) bond motifs is 1. The van der Waals surface area contributed by atoms with Crippen molar-refractivity contribution in [3.8, 4) is 16.2 Å². The van der Waals surface area contributed by atoms with Crippen LogP contribution in [0, 0.1) is 0 Å². The molecule has 6 heteroatoms. The highest BCUT2D eigenvalue weighted by Crippen LogP contribution is 2.44. The van der Waals surface area contributed by atoms with Gasteiger partial charge in [-0.3, -0.25) is 4.98 Å². The predicted octanol–water partition coefficient (Wildman–Crippen LogP) is 4.90. The highest BCUT2D eigenvalue weighted by Gasteiger charge is 2.29. The molecule has 0 fully saturated rings. The van der Waals surface area contributed by atoms with Gasteiger partial charge in [0.05, 0.1) is 0 Å². The van der Waals surface area contributed by atoms with E-state index in [9.17, 15) is 13.2 Å². The van der Waals surface area contributed by atoms with Crippen LogP contribution in [-0.4, -0.2) is 17.8 Å². The third-order valence-electron chi connectivity index (χ3n) is 2.88. The number of rotatable bonds is 3. The van der Waals surface area contributed by atoms with Crippen molar-refractivity contribution in [2.45, 2.75) is 6.18 Å². The minimum absolute atomic E-state index is 0.265. The number of benzene rings is 1. The molecule has 0 aliphatic rings. The van der Waals surface area contributed by atoms with Crippen molar-refractivity contribution in [2.75, 3.05) is 6.61 Å². The molecule has 0 N–H and O–H groups in total. The monoisotopic (exact) mass is 309 g/mol. The number of alkyl halides is 3. The van der Waals surface area contributed by atoms with E-state index in [1.165, 1.54) is 11.3 Å². The lowest BCUT2D eigenvalue weighted by Gasteiger charge is -2.09. The maximum absolute atomic E-state index is 12.4. The van der Waals surface area contributed by atoms with Crippen LogP contribution in [0.4, 0.5) is 13.2 Å². The van der Waals surface area contributed by atoms with Crippen LogP contribution in [0.5, 0.6) is 5.06 Å². The van der Waals surface area contributed by atoms with Gasteiger partial charge in [0.1, 0.15) is 0 Å². The van der Waals surface area contributed by atoms with Crippen molar-refractivity contribution in [3.05, 3.63) is 48.8 Å². The molecule has 0 atom stereocenters. The lowest BCUT2D eigenvalue weighted by atomic mass is 10.1. The smallest absolute Gasteiger partial charge is 0.422 e. The molecule has 3 aromatic rings. The summed E-state index contributed by atoms with van der Waals surface area (Å²) in [5, 5.41) is 1.13. The van der Waals surface area contributed by atoms with Gasteiger partial charge in [0.15, 0.2) is 11.7 Å². The Morgan fingerprint density at radius 1 is 1.10 bits per heavy atom. The molecule has 108 valence electrons. The van der Waals surface area contributed by atoms with Gasteiger partial charge in [-0.1, -0.05) is 35.6 Å². The second kappa shape index (κ2) is 5.37. The number of hydrogen-bond donors (Lipinski definition) is 0. The second-order valence-corrected chi connectivity index (χ2v) is 5.42. The molecule has 0 radical (unpaired) electrons. The Labute approximate surface area is 122 Å². The fourth-order valence-electron chi connectivity index (χ4n) is 2.06. The van der Waals surface area contributed by atoms with E-state index in [1.807, 2.05) is 30.3 Å². The first-order chi connectivity index (χ1) is 10.0. The van der Waals surface area contributed by atoms with E-state index in [-0.39, 0.29) is 5.06 Å². The van der Waals surface area contributed by atoms with E-state index in [2.05, 4.69) is 4.98 Å². The van der Waals surface area contributed by atoms with Crippen molar-refractivity contribution in [3.63, 3.8) is 0 Å². The minimum Gasteiger partial charge on any atom is -0.474 e. The normalized spacial score (nSPS) is 11.8. The molecule has 0 amide bonds. The van der Waals surface area contributed by atoms with Gasteiger partial charge in [0, 0.05) is 33.6 Å². The molecule has 1 aromatic carbocycles. The van der Waals surface area contributed by atoms with Crippen LogP contribution in [0.1, 0.15) is 0 Å². The standard InChI is InChI=1S/C15H10F3NOS/c16-15(17,18)9-20-14-13(10-4-3-7-19-8-10)11-5-1-2-6-12(11)21-14/h1-8H,9H2. The molecule has 0 spiro atoms. The third-order valence-corrected chi connectivity index (χ3v) is 3.96. The van der Waals surface area contributed by atoms with Gasteiger partial charge in [-0.25, -0.2) is 0 Å². The largest absolute Gasteiger partial charge is 0.474 e.